The Balaban J connectivity index is 2.98. The summed E-state index contributed by atoms with van der Waals surface area (Å²) in [6.45, 7) is 13.8. The van der Waals surface area contributed by atoms with Gasteiger partial charge in [0.25, 0.3) is 0 Å². The van der Waals surface area contributed by atoms with Crippen LogP contribution in [0.4, 0.5) is 0 Å². The third-order valence-electron chi connectivity index (χ3n) is 5.38. The Morgan fingerprint density at radius 3 is 1.03 bits per heavy atom. The van der Waals surface area contributed by atoms with Crippen molar-refractivity contribution in [2.24, 2.45) is 0 Å². The summed E-state index contributed by atoms with van der Waals surface area (Å²) in [6.07, 6.45) is 16.1. The van der Waals surface area contributed by atoms with Gasteiger partial charge in [0.2, 0.25) is 0 Å². The molecule has 0 fully saturated rings. The predicted octanol–water partition coefficient (Wildman–Crippen LogP) is 4.95. The summed E-state index contributed by atoms with van der Waals surface area (Å²) >= 11 is 0. The molecule has 0 spiro atoms. The van der Waals surface area contributed by atoms with E-state index in [4.69, 9.17) is 18.9 Å². The lowest BCUT2D eigenvalue weighted by Crippen LogP contribution is -2.22. The molecular weight excluding hydrogens is 404 g/mol. The largest absolute Gasteiger partial charge is 0.378 e. The van der Waals surface area contributed by atoms with E-state index in [1.165, 1.54) is 77.0 Å². The van der Waals surface area contributed by atoms with Gasteiger partial charge in [-0.2, -0.15) is 0 Å². The second-order valence-electron chi connectivity index (χ2n) is 8.49. The van der Waals surface area contributed by atoms with Gasteiger partial charge in [0.1, 0.15) is 0 Å². The fourth-order valence-corrected chi connectivity index (χ4v) is 3.36. The van der Waals surface area contributed by atoms with Crippen LogP contribution in [0.25, 0.3) is 0 Å². The average Bonchev–Trinajstić information content (AvgIpc) is 2.81. The minimum atomic E-state index is 0.611. The molecule has 194 valence electrons. The van der Waals surface area contributed by atoms with Crippen molar-refractivity contribution in [1.29, 1.82) is 0 Å². The van der Waals surface area contributed by atoms with Crippen molar-refractivity contribution < 1.29 is 18.9 Å². The average molecular weight is 461 g/mol. The monoisotopic (exact) mass is 460 g/mol. The second-order valence-corrected chi connectivity index (χ2v) is 8.49. The number of nitrogens with one attached hydrogen (secondary N) is 2. The number of ether oxygens (including phenoxy) is 4. The van der Waals surface area contributed by atoms with E-state index in [0.717, 1.165) is 39.4 Å². The first-order valence-electron chi connectivity index (χ1n) is 13.6. The van der Waals surface area contributed by atoms with Crippen molar-refractivity contribution in [3.05, 3.63) is 0 Å². The first-order valence-corrected chi connectivity index (χ1v) is 13.6. The first kappa shape index (κ1) is 31.8. The van der Waals surface area contributed by atoms with Gasteiger partial charge in [-0.05, 0) is 25.9 Å². The third-order valence-corrected chi connectivity index (χ3v) is 5.38. The Bertz CT molecular complexity index is 292. The zero-order valence-electron chi connectivity index (χ0n) is 21.6. The molecule has 0 aromatic heterocycles. The minimum Gasteiger partial charge on any atom is -0.378 e. The summed E-state index contributed by atoms with van der Waals surface area (Å²) < 4.78 is 22.2. The summed E-state index contributed by atoms with van der Waals surface area (Å²) in [4.78, 5) is 0. The van der Waals surface area contributed by atoms with Crippen LogP contribution < -0.4 is 10.6 Å². The normalized spacial score (nSPS) is 11.4. The molecule has 0 saturated carbocycles. The highest BCUT2D eigenvalue weighted by Crippen LogP contribution is 2.04. The predicted molar refractivity (Wildman–Crippen MR) is 136 cm³/mol. The van der Waals surface area contributed by atoms with Crippen molar-refractivity contribution in [3.63, 3.8) is 0 Å². The SMILES string of the molecule is CCCCCCCCNCCOCCOCCOCCOCCNCCCCCCCC. The number of unbranched alkanes of at least 4 members (excludes halogenated alkanes) is 10. The van der Waals surface area contributed by atoms with Crippen molar-refractivity contribution in [3.8, 4) is 0 Å². The summed E-state index contributed by atoms with van der Waals surface area (Å²) in [7, 11) is 0. The third kappa shape index (κ3) is 29.8. The van der Waals surface area contributed by atoms with Crippen LogP contribution in [-0.4, -0.2) is 79.0 Å². The lowest BCUT2D eigenvalue weighted by molar-refractivity contribution is -0.00107. The lowest BCUT2D eigenvalue weighted by Gasteiger charge is -2.08. The van der Waals surface area contributed by atoms with Gasteiger partial charge in [-0.15, -0.1) is 0 Å². The molecule has 0 atom stereocenters. The van der Waals surface area contributed by atoms with E-state index < -0.39 is 0 Å². The molecule has 0 radical (unpaired) electrons. The van der Waals surface area contributed by atoms with Gasteiger partial charge in [0.15, 0.2) is 0 Å². The molecule has 0 aromatic rings. The molecule has 0 amide bonds. The molecule has 0 unspecified atom stereocenters. The summed E-state index contributed by atoms with van der Waals surface area (Å²) in [5.41, 5.74) is 0. The Kier molecular flexibility index (Phi) is 30.5. The maximum Gasteiger partial charge on any atom is 0.0701 e. The van der Waals surface area contributed by atoms with Crippen LogP contribution in [0.2, 0.25) is 0 Å². The molecule has 6 nitrogen and oxygen atoms in total. The van der Waals surface area contributed by atoms with E-state index in [1.54, 1.807) is 0 Å². The molecule has 0 heterocycles. The Morgan fingerprint density at radius 1 is 0.344 bits per heavy atom. The van der Waals surface area contributed by atoms with Gasteiger partial charge in [0.05, 0.1) is 52.9 Å². The van der Waals surface area contributed by atoms with Gasteiger partial charge in [-0.3, -0.25) is 0 Å². The Labute approximate surface area is 199 Å². The fraction of sp³-hybridized carbons (Fsp3) is 1.00. The van der Waals surface area contributed by atoms with Gasteiger partial charge >= 0.3 is 0 Å². The fourth-order valence-electron chi connectivity index (χ4n) is 3.36. The number of hydrogen-bond donors (Lipinski definition) is 2. The number of hydrogen-bond acceptors (Lipinski definition) is 6. The van der Waals surface area contributed by atoms with Crippen LogP contribution in [0.15, 0.2) is 0 Å². The van der Waals surface area contributed by atoms with Crippen LogP contribution >= 0.6 is 0 Å². The molecule has 0 saturated heterocycles. The van der Waals surface area contributed by atoms with Gasteiger partial charge in [-0.25, -0.2) is 0 Å². The molecule has 0 aliphatic heterocycles. The highest BCUT2D eigenvalue weighted by atomic mass is 16.6. The summed E-state index contributed by atoms with van der Waals surface area (Å²) in [6, 6.07) is 0. The highest BCUT2D eigenvalue weighted by Gasteiger charge is 1.95. The van der Waals surface area contributed by atoms with Crippen molar-refractivity contribution in [1.82, 2.24) is 10.6 Å². The van der Waals surface area contributed by atoms with Crippen molar-refractivity contribution in [2.45, 2.75) is 90.9 Å². The summed E-state index contributed by atoms with van der Waals surface area (Å²) in [5, 5.41) is 6.87. The van der Waals surface area contributed by atoms with Crippen LogP contribution in [0.5, 0.6) is 0 Å². The molecular formula is C26H56N2O4. The lowest BCUT2D eigenvalue weighted by atomic mass is 10.1. The molecule has 32 heavy (non-hydrogen) atoms. The second kappa shape index (κ2) is 30.8. The smallest absolute Gasteiger partial charge is 0.0701 e. The van der Waals surface area contributed by atoms with E-state index in [2.05, 4.69) is 24.5 Å². The number of rotatable bonds is 29. The van der Waals surface area contributed by atoms with Gasteiger partial charge in [0, 0.05) is 13.1 Å². The molecule has 2 N–H and O–H groups in total. The minimum absolute atomic E-state index is 0.611. The van der Waals surface area contributed by atoms with E-state index in [9.17, 15) is 0 Å². The first-order chi connectivity index (χ1) is 15.9. The van der Waals surface area contributed by atoms with E-state index in [0.29, 0.717) is 39.6 Å². The Morgan fingerprint density at radius 2 is 0.656 bits per heavy atom. The standard InChI is InChI=1S/C26H56N2O4/c1-3-5-7-9-11-13-15-27-17-19-29-21-23-31-25-26-32-24-22-30-20-18-28-16-14-12-10-8-6-4-2/h27-28H,3-26H2,1-2H3. The van der Waals surface area contributed by atoms with Gasteiger partial charge < -0.3 is 29.6 Å². The van der Waals surface area contributed by atoms with Gasteiger partial charge in [-0.1, -0.05) is 78.1 Å². The molecule has 0 aromatic carbocycles. The maximum atomic E-state index is 5.57. The Hall–Kier alpha value is -0.240. The van der Waals surface area contributed by atoms with E-state index in [1.807, 2.05) is 0 Å². The molecule has 0 rings (SSSR count). The van der Waals surface area contributed by atoms with E-state index in [-0.39, 0.29) is 0 Å². The van der Waals surface area contributed by atoms with Crippen molar-refractivity contribution in [2.75, 3.05) is 79.0 Å². The van der Waals surface area contributed by atoms with Crippen LogP contribution in [0, 0.1) is 0 Å². The van der Waals surface area contributed by atoms with Crippen molar-refractivity contribution >= 4 is 0 Å². The molecule has 0 aliphatic rings. The van der Waals surface area contributed by atoms with E-state index >= 15 is 0 Å². The molecule has 0 bridgehead atoms. The topological polar surface area (TPSA) is 61.0 Å². The zero-order valence-corrected chi connectivity index (χ0v) is 21.6. The molecule has 6 heteroatoms. The van der Waals surface area contributed by atoms with Crippen LogP contribution in [-0.2, 0) is 18.9 Å². The van der Waals surface area contributed by atoms with Crippen LogP contribution in [0.1, 0.15) is 90.9 Å². The molecule has 0 aliphatic carbocycles. The zero-order chi connectivity index (χ0) is 23.2. The highest BCUT2D eigenvalue weighted by molar-refractivity contribution is 4.50. The quantitative estimate of drug-likeness (QED) is 0.154. The summed E-state index contributed by atoms with van der Waals surface area (Å²) in [5.74, 6) is 0. The van der Waals surface area contributed by atoms with Crippen LogP contribution in [0.3, 0.4) is 0 Å². The maximum absolute atomic E-state index is 5.57.